The number of sulfonamides is 1. The summed E-state index contributed by atoms with van der Waals surface area (Å²) in [6.45, 7) is 1.88. The van der Waals surface area contributed by atoms with Crippen molar-refractivity contribution < 1.29 is 41.2 Å². The van der Waals surface area contributed by atoms with Crippen molar-refractivity contribution >= 4 is 39.6 Å². The van der Waals surface area contributed by atoms with Gasteiger partial charge in [0.2, 0.25) is 27.6 Å². The van der Waals surface area contributed by atoms with Crippen LogP contribution in [0.1, 0.15) is 123 Å². The number of carbonyl (C=O) groups excluding carboxylic acids is 5. The van der Waals surface area contributed by atoms with Crippen molar-refractivity contribution in [1.82, 2.24) is 30.5 Å². The van der Waals surface area contributed by atoms with Gasteiger partial charge in [-0.05, 0) is 69.1 Å². The van der Waals surface area contributed by atoms with Gasteiger partial charge in [0.05, 0.1) is 23.9 Å². The first-order valence-electron chi connectivity index (χ1n) is 19.3. The van der Waals surface area contributed by atoms with E-state index in [-0.39, 0.29) is 18.5 Å². The number of amides is 5. The normalized spacial score (nSPS) is 24.4. The summed E-state index contributed by atoms with van der Waals surface area (Å²) in [4.78, 5) is 69.6. The van der Waals surface area contributed by atoms with Crippen LogP contribution in [0.4, 0.5) is 13.6 Å². The second-order valence-corrected chi connectivity index (χ2v) is 18.8. The Morgan fingerprint density at radius 1 is 0.885 bits per heavy atom. The van der Waals surface area contributed by atoms with Gasteiger partial charge in [-0.1, -0.05) is 58.3 Å². The fraction of sp³-hybridized carbons (Fsp3) is 0.861. The van der Waals surface area contributed by atoms with Crippen molar-refractivity contribution in [1.29, 1.82) is 0 Å². The summed E-state index contributed by atoms with van der Waals surface area (Å²) in [6, 6.07) is -3.64. The van der Waals surface area contributed by atoms with Crippen molar-refractivity contribution in [3.05, 3.63) is 0 Å². The molecule has 0 aromatic rings. The van der Waals surface area contributed by atoms with Crippen LogP contribution >= 0.6 is 0 Å². The Balaban J connectivity index is 1.32. The quantitative estimate of drug-likeness (QED) is 0.175. The number of nitrogens with one attached hydrogen (secondary N) is 4. The highest BCUT2D eigenvalue weighted by atomic mass is 32.2. The molecule has 1 saturated heterocycles. The Labute approximate surface area is 306 Å². The van der Waals surface area contributed by atoms with Gasteiger partial charge in [-0.3, -0.25) is 19.2 Å². The molecule has 3 atom stereocenters. The number of rotatable bonds is 16. The summed E-state index contributed by atoms with van der Waals surface area (Å²) >= 11 is 0. The smallest absolute Gasteiger partial charge is 0.315 e. The average molecular weight is 757 g/mol. The van der Waals surface area contributed by atoms with Crippen LogP contribution in [-0.4, -0.2) is 109 Å². The molecule has 5 fully saturated rings. The van der Waals surface area contributed by atoms with E-state index >= 15 is 0 Å². The second-order valence-electron chi connectivity index (χ2n) is 16.7. The summed E-state index contributed by atoms with van der Waals surface area (Å²) in [6.07, 6.45) is 11.5. The molecular formula is C36H58F2N6O7S. The van der Waals surface area contributed by atoms with Gasteiger partial charge < -0.3 is 26.2 Å². The van der Waals surface area contributed by atoms with Gasteiger partial charge in [0.25, 0.3) is 11.8 Å². The molecule has 0 radical (unpaired) electrons. The number of likely N-dealkylation sites (tertiary alicyclic amines) is 1. The van der Waals surface area contributed by atoms with Crippen LogP contribution in [0.5, 0.6) is 0 Å². The number of halogens is 2. The molecule has 52 heavy (non-hydrogen) atoms. The van der Waals surface area contributed by atoms with E-state index in [1.165, 1.54) is 4.90 Å². The third-order valence-corrected chi connectivity index (χ3v) is 13.7. The molecule has 0 aromatic heterocycles. The molecule has 0 aromatic carbocycles. The Kier molecular flexibility index (Phi) is 12.6. The van der Waals surface area contributed by atoms with Gasteiger partial charge in [-0.2, -0.15) is 4.31 Å². The van der Waals surface area contributed by atoms with E-state index in [1.807, 2.05) is 6.92 Å². The molecule has 1 aliphatic heterocycles. The highest BCUT2D eigenvalue weighted by Crippen LogP contribution is 2.41. The first-order valence-corrected chi connectivity index (χ1v) is 20.9. The molecule has 0 unspecified atom stereocenters. The molecule has 16 heteroatoms. The summed E-state index contributed by atoms with van der Waals surface area (Å²) < 4.78 is 54.8. The second kappa shape index (κ2) is 16.2. The minimum Gasteiger partial charge on any atom is -0.347 e. The molecular weight excluding hydrogens is 698 g/mol. The largest absolute Gasteiger partial charge is 0.347 e. The molecule has 294 valence electrons. The standard InChI is InChI=1S/C36H58F2N6O7S/c1-34(16-6-4-7-17-34)29(41-33(49)42-36(18-8-5-9-19-36)23-52(50,51)43(3)22-35(2,37)38)32(48)44-20-10-11-27(44)30(46)40-26(21-24-12-13-24)28(45)31(47)39-25-14-15-25/h24-27,29H,4-23H2,1-3H3,(H,39,47)(H,40,46)(H2,41,42,49)/t26-,27-,29+/m0/s1. The van der Waals surface area contributed by atoms with Crippen molar-refractivity contribution in [2.24, 2.45) is 11.3 Å². The van der Waals surface area contributed by atoms with Gasteiger partial charge in [-0.15, -0.1) is 0 Å². The fourth-order valence-electron chi connectivity index (χ4n) is 8.37. The Hall–Kier alpha value is -2.88. The maximum absolute atomic E-state index is 14.6. The predicted molar refractivity (Wildman–Crippen MR) is 190 cm³/mol. The van der Waals surface area contributed by atoms with E-state index in [0.29, 0.717) is 69.0 Å². The first-order chi connectivity index (χ1) is 24.4. The fourth-order valence-corrected chi connectivity index (χ4v) is 10.1. The van der Waals surface area contributed by atoms with Gasteiger partial charge in [0, 0.05) is 26.6 Å². The van der Waals surface area contributed by atoms with Crippen molar-refractivity contribution in [2.45, 2.75) is 159 Å². The zero-order valence-electron chi connectivity index (χ0n) is 30.9. The van der Waals surface area contributed by atoms with Gasteiger partial charge in [0.15, 0.2) is 0 Å². The van der Waals surface area contributed by atoms with Crippen molar-refractivity contribution in [3.8, 4) is 0 Å². The third kappa shape index (κ3) is 10.6. The molecule has 0 bridgehead atoms. The lowest BCUT2D eigenvalue weighted by atomic mass is 9.70. The summed E-state index contributed by atoms with van der Waals surface area (Å²) in [5, 5.41) is 11.3. The van der Waals surface area contributed by atoms with Crippen molar-refractivity contribution in [3.63, 3.8) is 0 Å². The molecule has 0 spiro atoms. The number of carbonyl (C=O) groups is 5. The molecule has 4 N–H and O–H groups in total. The number of Topliss-reactive ketones (excluding diaryl/α,β-unsaturated/α-hetero) is 1. The Morgan fingerprint density at radius 2 is 1.50 bits per heavy atom. The molecule has 4 saturated carbocycles. The zero-order chi connectivity index (χ0) is 37.9. The minimum absolute atomic E-state index is 0.00716. The van der Waals surface area contributed by atoms with E-state index in [9.17, 15) is 41.2 Å². The summed E-state index contributed by atoms with van der Waals surface area (Å²) in [5.74, 6) is -5.85. The van der Waals surface area contributed by atoms with Crippen LogP contribution in [0.2, 0.25) is 0 Å². The van der Waals surface area contributed by atoms with E-state index in [4.69, 9.17) is 0 Å². The van der Waals surface area contributed by atoms with Crippen LogP contribution in [0, 0.1) is 11.3 Å². The number of hydrogen-bond donors (Lipinski definition) is 4. The topological polar surface area (TPSA) is 174 Å². The Morgan fingerprint density at radius 3 is 2.08 bits per heavy atom. The lowest BCUT2D eigenvalue weighted by Gasteiger charge is -2.43. The minimum atomic E-state index is -4.19. The van der Waals surface area contributed by atoms with Crippen LogP contribution in [0.15, 0.2) is 0 Å². The van der Waals surface area contributed by atoms with Gasteiger partial charge in [0.1, 0.15) is 12.1 Å². The molecule has 5 rings (SSSR count). The Bertz CT molecular complexity index is 1450. The third-order valence-electron chi connectivity index (χ3n) is 11.7. The first kappa shape index (κ1) is 40.3. The number of nitrogens with zero attached hydrogens (tertiary/aromatic N) is 2. The van der Waals surface area contributed by atoms with Gasteiger partial charge in [-0.25, -0.2) is 22.0 Å². The molecule has 13 nitrogen and oxygen atoms in total. The monoisotopic (exact) mass is 756 g/mol. The summed E-state index contributed by atoms with van der Waals surface area (Å²) in [7, 11) is -3.08. The number of ketones is 1. The molecule has 1 heterocycles. The maximum Gasteiger partial charge on any atom is 0.315 e. The SMILES string of the molecule is CN(CC(C)(F)F)S(=O)(=O)CC1(NC(=O)N[C@H](C(=O)N2CCC[C@H]2C(=O)N[C@@H](CC2CC2)C(=O)C(=O)NC2CC2)C2(C)CCCCC2)CCCCC1. The highest BCUT2D eigenvalue weighted by molar-refractivity contribution is 7.89. The molecule has 4 aliphatic carbocycles. The average Bonchev–Trinajstić information content (AvgIpc) is 4.01. The van der Waals surface area contributed by atoms with Crippen LogP contribution in [0.3, 0.4) is 0 Å². The molecule has 5 amide bonds. The summed E-state index contributed by atoms with van der Waals surface area (Å²) in [5.41, 5.74) is -1.87. The van der Waals surface area contributed by atoms with E-state index < -0.39 is 86.9 Å². The van der Waals surface area contributed by atoms with Crippen LogP contribution in [0.25, 0.3) is 0 Å². The molecule has 5 aliphatic rings. The van der Waals surface area contributed by atoms with E-state index in [0.717, 1.165) is 58.4 Å². The van der Waals surface area contributed by atoms with Crippen molar-refractivity contribution in [2.75, 3.05) is 25.9 Å². The predicted octanol–water partition coefficient (Wildman–Crippen LogP) is 3.37. The number of urea groups is 1. The van der Waals surface area contributed by atoms with Gasteiger partial charge >= 0.3 is 6.03 Å². The van der Waals surface area contributed by atoms with Crippen LogP contribution in [-0.2, 0) is 29.2 Å². The van der Waals surface area contributed by atoms with Crippen LogP contribution < -0.4 is 21.3 Å². The van der Waals surface area contributed by atoms with E-state index in [2.05, 4.69) is 21.3 Å². The maximum atomic E-state index is 14.6. The number of hydrogen-bond acceptors (Lipinski definition) is 7. The highest BCUT2D eigenvalue weighted by Gasteiger charge is 2.48. The zero-order valence-corrected chi connectivity index (χ0v) is 31.8. The van der Waals surface area contributed by atoms with E-state index in [1.54, 1.807) is 0 Å². The lowest BCUT2D eigenvalue weighted by molar-refractivity contribution is -0.144. The lowest BCUT2D eigenvalue weighted by Crippen LogP contribution is -2.64. The number of alkyl halides is 2.